The number of ether oxygens (including phenoxy) is 1. The van der Waals surface area contributed by atoms with Gasteiger partial charge in [-0.25, -0.2) is 4.79 Å². The van der Waals surface area contributed by atoms with Gasteiger partial charge in [0.2, 0.25) is 0 Å². The van der Waals surface area contributed by atoms with Crippen LogP contribution in [-0.4, -0.2) is 61.0 Å². The van der Waals surface area contributed by atoms with Crippen LogP contribution in [0.3, 0.4) is 0 Å². The lowest BCUT2D eigenvalue weighted by atomic mass is 10.4. The minimum atomic E-state index is -4.64. The molecule has 0 aliphatic heterocycles. The van der Waals surface area contributed by atoms with Crippen LogP contribution in [0.15, 0.2) is 0 Å². The van der Waals surface area contributed by atoms with E-state index < -0.39 is 31.3 Å². The molecule has 1 aliphatic carbocycles. The SMILES string of the molecule is O=C(O)CN(CC(F)(F)F)C(=O)NCCCOCC1CC1. The number of hydrogen-bond donors (Lipinski definition) is 2. The number of amides is 2. The van der Waals surface area contributed by atoms with Gasteiger partial charge < -0.3 is 20.1 Å². The first kappa shape index (κ1) is 17.5. The largest absolute Gasteiger partial charge is 0.480 e. The second-order valence-corrected chi connectivity index (χ2v) is 4.97. The summed E-state index contributed by atoms with van der Waals surface area (Å²) in [5.41, 5.74) is 0. The third-order valence-electron chi connectivity index (χ3n) is 2.78. The van der Waals surface area contributed by atoms with Crippen LogP contribution in [0.25, 0.3) is 0 Å². The molecule has 122 valence electrons. The van der Waals surface area contributed by atoms with Gasteiger partial charge in [0.25, 0.3) is 0 Å². The van der Waals surface area contributed by atoms with Crippen molar-refractivity contribution >= 4 is 12.0 Å². The quantitative estimate of drug-likeness (QED) is 0.632. The summed E-state index contributed by atoms with van der Waals surface area (Å²) in [6.45, 7) is -1.37. The van der Waals surface area contributed by atoms with Gasteiger partial charge in [-0.2, -0.15) is 13.2 Å². The lowest BCUT2D eigenvalue weighted by Gasteiger charge is -2.22. The predicted octanol–water partition coefficient (Wildman–Crippen LogP) is 1.46. The zero-order valence-corrected chi connectivity index (χ0v) is 11.5. The molecular formula is C12H19F3N2O4. The Morgan fingerprint density at radius 2 is 2.00 bits per heavy atom. The van der Waals surface area contributed by atoms with E-state index in [0.29, 0.717) is 25.6 Å². The van der Waals surface area contributed by atoms with Gasteiger partial charge in [-0.05, 0) is 25.2 Å². The van der Waals surface area contributed by atoms with Crippen molar-refractivity contribution in [3.05, 3.63) is 0 Å². The molecule has 1 rings (SSSR count). The Morgan fingerprint density at radius 1 is 1.33 bits per heavy atom. The number of carbonyl (C=O) groups excluding carboxylic acids is 1. The predicted molar refractivity (Wildman–Crippen MR) is 66.8 cm³/mol. The van der Waals surface area contributed by atoms with Crippen LogP contribution in [0, 0.1) is 5.92 Å². The standard InChI is InChI=1S/C12H19F3N2O4/c13-12(14,15)8-17(6-10(18)19)11(20)16-4-1-5-21-7-9-2-3-9/h9H,1-8H2,(H,16,20)(H,18,19). The van der Waals surface area contributed by atoms with Crippen LogP contribution in [0.1, 0.15) is 19.3 Å². The molecule has 0 bridgehead atoms. The molecule has 1 saturated carbocycles. The molecule has 9 heteroatoms. The molecule has 6 nitrogen and oxygen atoms in total. The van der Waals surface area contributed by atoms with E-state index >= 15 is 0 Å². The number of carboxylic acid groups (broad SMARTS) is 1. The fourth-order valence-corrected chi connectivity index (χ4v) is 1.60. The van der Waals surface area contributed by atoms with Gasteiger partial charge >= 0.3 is 18.2 Å². The summed E-state index contributed by atoms with van der Waals surface area (Å²) >= 11 is 0. The second-order valence-electron chi connectivity index (χ2n) is 4.97. The number of hydrogen-bond acceptors (Lipinski definition) is 3. The number of carbonyl (C=O) groups is 2. The minimum Gasteiger partial charge on any atom is -0.480 e. The fraction of sp³-hybridized carbons (Fsp3) is 0.833. The number of aliphatic carboxylic acids is 1. The highest BCUT2D eigenvalue weighted by Gasteiger charge is 2.33. The number of urea groups is 1. The molecular weight excluding hydrogens is 293 g/mol. The fourth-order valence-electron chi connectivity index (χ4n) is 1.60. The van der Waals surface area contributed by atoms with E-state index in [-0.39, 0.29) is 11.4 Å². The van der Waals surface area contributed by atoms with Gasteiger partial charge in [0.1, 0.15) is 13.1 Å². The summed E-state index contributed by atoms with van der Waals surface area (Å²) in [5.74, 6) is -0.875. The van der Waals surface area contributed by atoms with E-state index in [4.69, 9.17) is 9.84 Å². The van der Waals surface area contributed by atoms with Crippen molar-refractivity contribution in [2.75, 3.05) is 32.8 Å². The Labute approximate surface area is 120 Å². The maximum atomic E-state index is 12.3. The molecule has 0 radical (unpaired) electrons. The van der Waals surface area contributed by atoms with Crippen LogP contribution in [0.2, 0.25) is 0 Å². The summed E-state index contributed by atoms with van der Waals surface area (Å²) in [4.78, 5) is 22.2. The normalized spacial score (nSPS) is 14.8. The summed E-state index contributed by atoms with van der Waals surface area (Å²) in [6.07, 6.45) is -1.85. The van der Waals surface area contributed by atoms with Crippen LogP contribution >= 0.6 is 0 Å². The van der Waals surface area contributed by atoms with Crippen LogP contribution in [0.5, 0.6) is 0 Å². The summed E-state index contributed by atoms with van der Waals surface area (Å²) in [6, 6.07) is -1.04. The van der Waals surface area contributed by atoms with Gasteiger partial charge in [-0.15, -0.1) is 0 Å². The van der Waals surface area contributed by atoms with Crippen molar-refractivity contribution in [3.8, 4) is 0 Å². The van der Waals surface area contributed by atoms with Crippen molar-refractivity contribution < 1.29 is 32.6 Å². The minimum absolute atomic E-state index is 0.136. The van der Waals surface area contributed by atoms with Crippen molar-refractivity contribution in [2.45, 2.75) is 25.4 Å². The first-order valence-corrected chi connectivity index (χ1v) is 6.67. The van der Waals surface area contributed by atoms with E-state index in [0.717, 1.165) is 0 Å². The Kier molecular flexibility index (Phi) is 6.73. The number of alkyl halides is 3. The van der Waals surface area contributed by atoms with Crippen LogP contribution < -0.4 is 5.32 Å². The molecule has 0 spiro atoms. The van der Waals surface area contributed by atoms with Crippen molar-refractivity contribution in [1.82, 2.24) is 10.2 Å². The maximum Gasteiger partial charge on any atom is 0.406 e. The third kappa shape index (κ3) is 9.11. The second kappa shape index (κ2) is 8.06. The molecule has 0 saturated heterocycles. The highest BCUT2D eigenvalue weighted by Crippen LogP contribution is 2.28. The molecule has 0 aromatic rings. The highest BCUT2D eigenvalue weighted by atomic mass is 19.4. The number of carboxylic acids is 1. The Balaban J connectivity index is 2.21. The number of rotatable bonds is 9. The molecule has 2 amide bonds. The molecule has 1 fully saturated rings. The number of nitrogens with one attached hydrogen (secondary N) is 1. The third-order valence-corrected chi connectivity index (χ3v) is 2.78. The molecule has 0 aromatic carbocycles. The van der Waals surface area contributed by atoms with E-state index in [2.05, 4.69) is 5.32 Å². The van der Waals surface area contributed by atoms with E-state index in [9.17, 15) is 22.8 Å². The zero-order valence-electron chi connectivity index (χ0n) is 11.5. The molecule has 21 heavy (non-hydrogen) atoms. The smallest absolute Gasteiger partial charge is 0.406 e. The van der Waals surface area contributed by atoms with Crippen molar-refractivity contribution in [2.24, 2.45) is 5.92 Å². The summed E-state index contributed by atoms with van der Waals surface area (Å²) in [5, 5.41) is 10.8. The Morgan fingerprint density at radius 3 is 2.52 bits per heavy atom. The topological polar surface area (TPSA) is 78.9 Å². The van der Waals surface area contributed by atoms with Gasteiger partial charge in [-0.1, -0.05) is 0 Å². The van der Waals surface area contributed by atoms with E-state index in [1.165, 1.54) is 12.8 Å². The monoisotopic (exact) mass is 312 g/mol. The average molecular weight is 312 g/mol. The number of nitrogens with zero attached hydrogens (tertiary/aromatic N) is 1. The van der Waals surface area contributed by atoms with Gasteiger partial charge in [0.15, 0.2) is 0 Å². The molecule has 0 unspecified atom stereocenters. The lowest BCUT2D eigenvalue weighted by Crippen LogP contribution is -2.47. The first-order valence-electron chi connectivity index (χ1n) is 6.67. The van der Waals surface area contributed by atoms with Gasteiger partial charge in [0, 0.05) is 19.8 Å². The Bertz CT molecular complexity index is 359. The zero-order chi connectivity index (χ0) is 15.9. The van der Waals surface area contributed by atoms with Gasteiger partial charge in [0.05, 0.1) is 0 Å². The molecule has 0 aromatic heterocycles. The molecule has 2 N–H and O–H groups in total. The van der Waals surface area contributed by atoms with Crippen molar-refractivity contribution in [1.29, 1.82) is 0 Å². The maximum absolute atomic E-state index is 12.3. The van der Waals surface area contributed by atoms with E-state index in [1.54, 1.807) is 0 Å². The van der Waals surface area contributed by atoms with Crippen molar-refractivity contribution in [3.63, 3.8) is 0 Å². The number of halogens is 3. The average Bonchev–Trinajstić information content (AvgIpc) is 3.14. The lowest BCUT2D eigenvalue weighted by molar-refractivity contribution is -0.148. The Hall–Kier alpha value is -1.51. The van der Waals surface area contributed by atoms with Crippen LogP contribution in [-0.2, 0) is 9.53 Å². The summed E-state index contributed by atoms with van der Waals surface area (Å²) < 4.78 is 42.1. The first-order chi connectivity index (χ1) is 9.78. The molecule has 1 aliphatic rings. The highest BCUT2D eigenvalue weighted by molar-refractivity contribution is 5.80. The molecule has 0 atom stereocenters. The van der Waals surface area contributed by atoms with Gasteiger partial charge in [-0.3, -0.25) is 4.79 Å². The van der Waals surface area contributed by atoms with E-state index in [1.807, 2.05) is 0 Å². The van der Waals surface area contributed by atoms with Crippen LogP contribution in [0.4, 0.5) is 18.0 Å². The summed E-state index contributed by atoms with van der Waals surface area (Å²) in [7, 11) is 0. The molecule has 0 heterocycles.